The van der Waals surface area contributed by atoms with Gasteiger partial charge in [0.25, 0.3) is 11.1 Å². The van der Waals surface area contributed by atoms with Crippen LogP contribution < -0.4 is 5.32 Å². The van der Waals surface area contributed by atoms with E-state index < -0.39 is 17.5 Å². The Balaban J connectivity index is 1.62. The fourth-order valence-electron chi connectivity index (χ4n) is 3.67. The van der Waals surface area contributed by atoms with E-state index in [1.165, 1.54) is 16.7 Å². The van der Waals surface area contributed by atoms with Gasteiger partial charge in [0.15, 0.2) is 5.54 Å². The number of imide groups is 1. The molecule has 4 rings (SSSR count). The molecule has 3 aromatic rings. The van der Waals surface area contributed by atoms with Gasteiger partial charge in [0.05, 0.1) is 19.8 Å². The van der Waals surface area contributed by atoms with Crippen molar-refractivity contribution in [2.45, 2.75) is 17.3 Å². The second kappa shape index (κ2) is 9.94. The van der Waals surface area contributed by atoms with Crippen LogP contribution in [0.2, 0.25) is 0 Å². The molecule has 0 aliphatic carbocycles. The van der Waals surface area contributed by atoms with E-state index in [0.29, 0.717) is 28.7 Å². The molecular weight excluding hydrogens is 432 g/mol. The molecule has 10 heteroatoms. The molecule has 0 saturated carbocycles. The molecule has 0 spiro atoms. The number of carbonyl (C=O) groups is 2. The number of aliphatic hydroxyl groups excluding tert-OH is 1. The van der Waals surface area contributed by atoms with Crippen molar-refractivity contribution in [2.75, 3.05) is 25.6 Å². The van der Waals surface area contributed by atoms with E-state index in [-0.39, 0.29) is 25.6 Å². The summed E-state index contributed by atoms with van der Waals surface area (Å²) in [6, 6.07) is 17.8. The Morgan fingerprint density at radius 2 is 1.66 bits per heavy atom. The minimum atomic E-state index is -1.36. The number of ether oxygens (including phenoxy) is 1. The average molecular weight is 455 g/mol. The fraction of sp³-hybridized carbons (Fsp3) is 0.273. The number of nitrogens with zero attached hydrogens (tertiary/aromatic N) is 3. The highest BCUT2D eigenvalue weighted by atomic mass is 32.2. The lowest BCUT2D eigenvalue weighted by Crippen LogP contribution is -2.47. The smallest absolute Gasteiger partial charge is 0.326 e. The lowest BCUT2D eigenvalue weighted by Gasteiger charge is -2.35. The van der Waals surface area contributed by atoms with Gasteiger partial charge >= 0.3 is 6.03 Å². The highest BCUT2D eigenvalue weighted by Crippen LogP contribution is 2.40. The van der Waals surface area contributed by atoms with Gasteiger partial charge in [-0.15, -0.1) is 10.2 Å². The molecule has 1 aliphatic heterocycles. The van der Waals surface area contributed by atoms with Gasteiger partial charge in [0.2, 0.25) is 5.89 Å². The maximum atomic E-state index is 13.3. The number of aliphatic hydroxyl groups is 1. The van der Waals surface area contributed by atoms with Crippen molar-refractivity contribution in [1.29, 1.82) is 0 Å². The van der Waals surface area contributed by atoms with Gasteiger partial charge in [-0.3, -0.25) is 15.0 Å². The normalized spacial score (nSPS) is 15.2. The number of thioether (sulfide) groups is 1. The molecule has 2 heterocycles. The molecular formula is C22H22N4O5S. The van der Waals surface area contributed by atoms with Crippen LogP contribution in [-0.4, -0.2) is 57.7 Å². The van der Waals surface area contributed by atoms with E-state index in [4.69, 9.17) is 14.3 Å². The van der Waals surface area contributed by atoms with E-state index in [9.17, 15) is 9.59 Å². The number of hydrogen-bond donors (Lipinski definition) is 2. The van der Waals surface area contributed by atoms with Crippen LogP contribution in [0.25, 0.3) is 0 Å². The number of urea groups is 1. The summed E-state index contributed by atoms with van der Waals surface area (Å²) in [5, 5.41) is 19.6. The minimum Gasteiger partial charge on any atom is -0.414 e. The van der Waals surface area contributed by atoms with E-state index in [1.807, 2.05) is 60.7 Å². The first kappa shape index (κ1) is 22.0. The van der Waals surface area contributed by atoms with Crippen molar-refractivity contribution in [3.8, 4) is 0 Å². The van der Waals surface area contributed by atoms with E-state index in [0.717, 1.165) is 0 Å². The van der Waals surface area contributed by atoms with Crippen LogP contribution in [-0.2, 0) is 21.6 Å². The van der Waals surface area contributed by atoms with Crippen LogP contribution in [0.1, 0.15) is 17.0 Å². The molecule has 9 nitrogen and oxygen atoms in total. The number of carbonyl (C=O) groups excluding carboxylic acids is 2. The number of nitrogens with one attached hydrogen (secondary N) is 1. The van der Waals surface area contributed by atoms with Crippen LogP contribution in [0, 0.1) is 0 Å². The first-order valence-corrected chi connectivity index (χ1v) is 11.0. The molecule has 0 bridgehead atoms. The number of benzene rings is 2. The van der Waals surface area contributed by atoms with Crippen LogP contribution in [0.4, 0.5) is 4.79 Å². The second-order valence-electron chi connectivity index (χ2n) is 6.93. The predicted octanol–water partition coefficient (Wildman–Crippen LogP) is 2.17. The van der Waals surface area contributed by atoms with Gasteiger partial charge in [-0.2, -0.15) is 0 Å². The number of aromatic nitrogens is 2. The Hall–Kier alpha value is -3.21. The summed E-state index contributed by atoms with van der Waals surface area (Å²) in [5.41, 5.74) is -0.0473. The maximum Gasteiger partial charge on any atom is 0.326 e. The Morgan fingerprint density at radius 3 is 2.28 bits per heavy atom. The first-order valence-electron chi connectivity index (χ1n) is 10.0. The topological polar surface area (TPSA) is 118 Å². The average Bonchev–Trinajstić information content (AvgIpc) is 3.37. The van der Waals surface area contributed by atoms with Crippen molar-refractivity contribution >= 4 is 23.7 Å². The van der Waals surface area contributed by atoms with Gasteiger partial charge in [0, 0.05) is 5.75 Å². The Kier molecular flexibility index (Phi) is 6.84. The van der Waals surface area contributed by atoms with Crippen molar-refractivity contribution < 1.29 is 23.8 Å². The molecule has 2 aromatic carbocycles. The lowest BCUT2D eigenvalue weighted by molar-refractivity contribution is -0.125. The Morgan fingerprint density at radius 1 is 1.00 bits per heavy atom. The zero-order valence-electron chi connectivity index (χ0n) is 17.1. The number of amides is 3. The fourth-order valence-corrected chi connectivity index (χ4v) is 4.30. The standard InChI is InChI=1S/C22H22N4O5S/c27-11-12-30-13-14-32-21-25-24-18(31-21)15-26-20(29)23-19(28)22(26,16-7-3-1-4-8-16)17-9-5-2-6-10-17/h1-10,27H,11-15H2,(H,23,28,29). The van der Waals surface area contributed by atoms with Crippen LogP contribution in [0.15, 0.2) is 70.3 Å². The van der Waals surface area contributed by atoms with Crippen molar-refractivity contribution in [1.82, 2.24) is 20.4 Å². The third-order valence-electron chi connectivity index (χ3n) is 5.01. The maximum absolute atomic E-state index is 13.3. The van der Waals surface area contributed by atoms with E-state index in [1.54, 1.807) is 0 Å². The van der Waals surface area contributed by atoms with Gasteiger partial charge < -0.3 is 14.3 Å². The SMILES string of the molecule is O=C1NC(=O)C(c2ccccc2)(c2ccccc2)N1Cc1nnc(SCCOCCO)o1. The van der Waals surface area contributed by atoms with Crippen molar-refractivity contribution in [2.24, 2.45) is 0 Å². The van der Waals surface area contributed by atoms with Crippen LogP contribution in [0.5, 0.6) is 0 Å². The summed E-state index contributed by atoms with van der Waals surface area (Å²) in [4.78, 5) is 27.6. The lowest BCUT2D eigenvalue weighted by atomic mass is 9.81. The molecule has 1 aliphatic rings. The van der Waals surface area contributed by atoms with E-state index in [2.05, 4.69) is 15.5 Å². The molecule has 166 valence electrons. The minimum absolute atomic E-state index is 0.0312. The highest BCUT2D eigenvalue weighted by molar-refractivity contribution is 7.99. The summed E-state index contributed by atoms with van der Waals surface area (Å²) in [7, 11) is 0. The number of rotatable bonds is 10. The third kappa shape index (κ3) is 4.24. The highest BCUT2D eigenvalue weighted by Gasteiger charge is 2.55. The van der Waals surface area contributed by atoms with Crippen molar-refractivity contribution in [3.05, 3.63) is 77.7 Å². The third-order valence-corrected chi connectivity index (χ3v) is 5.80. The molecule has 2 N–H and O–H groups in total. The van der Waals surface area contributed by atoms with Crippen LogP contribution in [0.3, 0.4) is 0 Å². The molecule has 0 atom stereocenters. The summed E-state index contributed by atoms with van der Waals surface area (Å²) in [6.45, 7) is 0.623. The van der Waals surface area contributed by atoms with Gasteiger partial charge in [-0.25, -0.2) is 4.79 Å². The second-order valence-corrected chi connectivity index (χ2v) is 7.98. The quantitative estimate of drug-likeness (QED) is 0.272. The Bertz CT molecular complexity index is 1020. The largest absolute Gasteiger partial charge is 0.414 e. The Labute approximate surface area is 188 Å². The molecule has 32 heavy (non-hydrogen) atoms. The van der Waals surface area contributed by atoms with Gasteiger partial charge in [-0.05, 0) is 11.1 Å². The predicted molar refractivity (Wildman–Crippen MR) is 116 cm³/mol. The monoisotopic (exact) mass is 454 g/mol. The first-order chi connectivity index (χ1) is 15.7. The zero-order valence-corrected chi connectivity index (χ0v) is 18.0. The molecule has 1 saturated heterocycles. The van der Waals surface area contributed by atoms with Gasteiger partial charge in [0.1, 0.15) is 6.54 Å². The van der Waals surface area contributed by atoms with E-state index >= 15 is 0 Å². The summed E-state index contributed by atoms with van der Waals surface area (Å²) >= 11 is 1.31. The van der Waals surface area contributed by atoms with Crippen molar-refractivity contribution in [3.63, 3.8) is 0 Å². The molecule has 1 aromatic heterocycles. The summed E-state index contributed by atoms with van der Waals surface area (Å²) in [6.07, 6.45) is 0. The summed E-state index contributed by atoms with van der Waals surface area (Å²) < 4.78 is 10.9. The number of hydrogen-bond acceptors (Lipinski definition) is 8. The molecule has 0 unspecified atom stereocenters. The zero-order chi connectivity index (χ0) is 22.4. The molecule has 3 amide bonds. The molecule has 0 radical (unpaired) electrons. The van der Waals surface area contributed by atoms with Crippen LogP contribution >= 0.6 is 11.8 Å². The van der Waals surface area contributed by atoms with Gasteiger partial charge in [-0.1, -0.05) is 72.4 Å². The summed E-state index contributed by atoms with van der Waals surface area (Å²) in [5.74, 6) is 0.349. The molecule has 1 fully saturated rings.